The number of carbonyl (C=O) groups excluding carboxylic acids is 4. The highest BCUT2D eigenvalue weighted by atomic mass is 16.2. The highest BCUT2D eigenvalue weighted by Crippen LogP contribution is 2.32. The van der Waals surface area contributed by atoms with Crippen molar-refractivity contribution in [3.63, 3.8) is 0 Å². The molecule has 1 saturated heterocycles. The molecule has 142 valence electrons. The zero-order chi connectivity index (χ0) is 19.4. The minimum atomic E-state index is -0.940. The standard InChI is InChI=1S/C18H23BN4O4/c19-21-10-3-1-2-9-20-12-6-4-5-11-15(12)18(27)23(17(11)26)13-7-8-14(24)22-16(13)25/h4-6,13,20-21H,1-3,7-10,19H2,(H,22,24,25). The summed E-state index contributed by atoms with van der Waals surface area (Å²) in [6.45, 7) is 1.66. The molecule has 0 radical (unpaired) electrons. The Morgan fingerprint density at radius 3 is 2.59 bits per heavy atom. The van der Waals surface area contributed by atoms with Crippen LogP contribution in [-0.2, 0) is 9.59 Å². The van der Waals surface area contributed by atoms with E-state index in [1.165, 1.54) is 0 Å². The molecular weight excluding hydrogens is 347 g/mol. The minimum absolute atomic E-state index is 0.113. The van der Waals surface area contributed by atoms with E-state index in [2.05, 4.69) is 15.9 Å². The number of rotatable bonds is 8. The number of unbranched alkanes of at least 4 members (excludes halogenated alkanes) is 2. The van der Waals surface area contributed by atoms with Crippen molar-refractivity contribution in [1.29, 1.82) is 0 Å². The van der Waals surface area contributed by atoms with Crippen LogP contribution in [-0.4, -0.2) is 55.6 Å². The molecule has 8 nitrogen and oxygen atoms in total. The highest BCUT2D eigenvalue weighted by Gasteiger charge is 2.45. The molecule has 1 fully saturated rings. The highest BCUT2D eigenvalue weighted by molar-refractivity contribution is 6.25. The van der Waals surface area contributed by atoms with Gasteiger partial charge in [0.1, 0.15) is 6.04 Å². The number of amides is 4. The van der Waals surface area contributed by atoms with E-state index in [9.17, 15) is 19.2 Å². The van der Waals surface area contributed by atoms with Gasteiger partial charge in [-0.3, -0.25) is 29.4 Å². The quantitative estimate of drug-likeness (QED) is 0.333. The Kier molecular flexibility index (Phi) is 5.90. The lowest BCUT2D eigenvalue weighted by atomic mass is 10.0. The van der Waals surface area contributed by atoms with Gasteiger partial charge in [-0.05, 0) is 37.9 Å². The molecular formula is C18H23BN4O4. The van der Waals surface area contributed by atoms with Crippen molar-refractivity contribution in [2.75, 3.05) is 18.4 Å². The molecule has 2 aliphatic heterocycles. The number of carbonyl (C=O) groups is 4. The van der Waals surface area contributed by atoms with Crippen molar-refractivity contribution >= 4 is 37.3 Å². The lowest BCUT2D eigenvalue weighted by molar-refractivity contribution is -0.136. The molecule has 1 atom stereocenters. The van der Waals surface area contributed by atoms with E-state index in [1.54, 1.807) is 18.2 Å². The summed E-state index contributed by atoms with van der Waals surface area (Å²) in [7, 11) is 1.92. The lowest BCUT2D eigenvalue weighted by Gasteiger charge is -2.27. The van der Waals surface area contributed by atoms with E-state index >= 15 is 0 Å². The van der Waals surface area contributed by atoms with Gasteiger partial charge >= 0.3 is 0 Å². The maximum absolute atomic E-state index is 12.9. The van der Waals surface area contributed by atoms with Gasteiger partial charge in [0.15, 0.2) is 7.98 Å². The lowest BCUT2D eigenvalue weighted by Crippen LogP contribution is -2.54. The average Bonchev–Trinajstić information content (AvgIpc) is 2.90. The summed E-state index contributed by atoms with van der Waals surface area (Å²) in [6, 6.07) is 4.15. The molecule has 0 aromatic heterocycles. The summed E-state index contributed by atoms with van der Waals surface area (Å²) >= 11 is 0. The number of hydrogen-bond acceptors (Lipinski definition) is 6. The van der Waals surface area contributed by atoms with Crippen LogP contribution in [0.2, 0.25) is 0 Å². The van der Waals surface area contributed by atoms with Crippen LogP contribution in [0.4, 0.5) is 5.69 Å². The molecule has 0 aliphatic carbocycles. The molecule has 0 bridgehead atoms. The molecule has 1 unspecified atom stereocenters. The number of nitrogens with one attached hydrogen (secondary N) is 3. The number of imide groups is 2. The van der Waals surface area contributed by atoms with Gasteiger partial charge in [0, 0.05) is 18.7 Å². The number of nitrogens with zero attached hydrogens (tertiary/aromatic N) is 1. The van der Waals surface area contributed by atoms with E-state index in [4.69, 9.17) is 0 Å². The summed E-state index contributed by atoms with van der Waals surface area (Å²) in [5.74, 6) is -1.95. The van der Waals surface area contributed by atoms with Crippen LogP contribution in [0.3, 0.4) is 0 Å². The van der Waals surface area contributed by atoms with Crippen LogP contribution in [0.15, 0.2) is 18.2 Å². The van der Waals surface area contributed by atoms with Gasteiger partial charge in [0.25, 0.3) is 11.8 Å². The fourth-order valence-corrected chi connectivity index (χ4v) is 3.49. The molecule has 3 rings (SSSR count). The molecule has 1 aromatic rings. The number of piperidine rings is 1. The number of anilines is 1. The van der Waals surface area contributed by atoms with E-state index in [0.717, 1.165) is 30.7 Å². The summed E-state index contributed by atoms with van der Waals surface area (Å²) in [5, 5.41) is 8.54. The fraction of sp³-hybridized carbons (Fsp3) is 0.444. The molecule has 4 amide bonds. The van der Waals surface area contributed by atoms with Crippen molar-refractivity contribution in [3.05, 3.63) is 29.3 Å². The second-order valence-corrected chi connectivity index (χ2v) is 6.77. The Balaban J connectivity index is 1.72. The summed E-state index contributed by atoms with van der Waals surface area (Å²) in [6.07, 6.45) is 3.35. The fourth-order valence-electron chi connectivity index (χ4n) is 3.49. The third kappa shape index (κ3) is 3.87. The van der Waals surface area contributed by atoms with Crippen LogP contribution in [0.1, 0.15) is 52.8 Å². The first-order valence-electron chi connectivity index (χ1n) is 9.27. The zero-order valence-corrected chi connectivity index (χ0v) is 15.3. The Hall–Kier alpha value is -2.68. The van der Waals surface area contributed by atoms with Crippen LogP contribution in [0, 0.1) is 0 Å². The third-order valence-electron chi connectivity index (χ3n) is 4.89. The zero-order valence-electron chi connectivity index (χ0n) is 15.3. The Morgan fingerprint density at radius 2 is 1.85 bits per heavy atom. The SMILES string of the molecule is BNCCCCCNc1cccc2c1C(=O)N(C1CCC(=O)NC1=O)C2=O. The molecule has 2 aliphatic rings. The smallest absolute Gasteiger partial charge is 0.264 e. The largest absolute Gasteiger partial charge is 0.384 e. The van der Waals surface area contributed by atoms with Crippen LogP contribution in [0.25, 0.3) is 0 Å². The van der Waals surface area contributed by atoms with Crippen molar-refractivity contribution in [1.82, 2.24) is 15.4 Å². The summed E-state index contributed by atoms with van der Waals surface area (Å²) < 4.78 is 0. The monoisotopic (exact) mass is 370 g/mol. The molecule has 2 heterocycles. The van der Waals surface area contributed by atoms with Gasteiger partial charge in [-0.1, -0.05) is 12.5 Å². The van der Waals surface area contributed by atoms with Gasteiger partial charge < -0.3 is 10.5 Å². The summed E-state index contributed by atoms with van der Waals surface area (Å²) in [5.41, 5.74) is 1.21. The molecule has 0 spiro atoms. The first-order chi connectivity index (χ1) is 13.0. The molecule has 27 heavy (non-hydrogen) atoms. The molecule has 1 aromatic carbocycles. The van der Waals surface area contributed by atoms with Crippen LogP contribution < -0.4 is 15.9 Å². The second kappa shape index (κ2) is 8.34. The number of fused-ring (bicyclic) bond motifs is 1. The van der Waals surface area contributed by atoms with Gasteiger partial charge in [0.05, 0.1) is 11.1 Å². The Bertz CT molecular complexity index is 783. The van der Waals surface area contributed by atoms with Gasteiger partial charge in [-0.2, -0.15) is 0 Å². The summed E-state index contributed by atoms with van der Waals surface area (Å²) in [4.78, 5) is 50.1. The topological polar surface area (TPSA) is 108 Å². The van der Waals surface area contributed by atoms with Gasteiger partial charge in [-0.15, -0.1) is 0 Å². The van der Waals surface area contributed by atoms with Gasteiger partial charge in [-0.25, -0.2) is 0 Å². The Morgan fingerprint density at radius 1 is 1.07 bits per heavy atom. The predicted molar refractivity (Wildman–Crippen MR) is 102 cm³/mol. The van der Waals surface area contributed by atoms with Gasteiger partial charge in [0.2, 0.25) is 11.8 Å². The minimum Gasteiger partial charge on any atom is -0.384 e. The number of hydrogen-bond donors (Lipinski definition) is 3. The van der Waals surface area contributed by atoms with Crippen molar-refractivity contribution < 1.29 is 19.2 Å². The van der Waals surface area contributed by atoms with Crippen molar-refractivity contribution in [3.8, 4) is 0 Å². The van der Waals surface area contributed by atoms with Crippen molar-refractivity contribution in [2.45, 2.75) is 38.1 Å². The molecule has 9 heteroatoms. The van der Waals surface area contributed by atoms with Crippen LogP contribution >= 0.6 is 0 Å². The van der Waals surface area contributed by atoms with E-state index < -0.39 is 23.8 Å². The van der Waals surface area contributed by atoms with Crippen LogP contribution in [0.5, 0.6) is 0 Å². The third-order valence-corrected chi connectivity index (χ3v) is 4.89. The first-order valence-corrected chi connectivity index (χ1v) is 9.27. The maximum Gasteiger partial charge on any atom is 0.264 e. The molecule has 3 N–H and O–H groups in total. The van der Waals surface area contributed by atoms with E-state index in [-0.39, 0.29) is 18.7 Å². The van der Waals surface area contributed by atoms with Crippen molar-refractivity contribution in [2.24, 2.45) is 0 Å². The second-order valence-electron chi connectivity index (χ2n) is 6.77. The predicted octanol–water partition coefficient (Wildman–Crippen LogP) is -0.192. The Labute approximate surface area is 158 Å². The average molecular weight is 370 g/mol. The normalized spacial score (nSPS) is 19.3. The van der Waals surface area contributed by atoms with E-state index in [0.29, 0.717) is 23.4 Å². The van der Waals surface area contributed by atoms with E-state index in [1.807, 2.05) is 7.98 Å². The molecule has 0 saturated carbocycles. The number of benzene rings is 1. The first kappa shape index (κ1) is 19.1. The maximum atomic E-state index is 12.9.